The summed E-state index contributed by atoms with van der Waals surface area (Å²) in [6, 6.07) is 7.40. The van der Waals surface area contributed by atoms with Gasteiger partial charge in [0.05, 0.1) is 0 Å². The molecule has 5 heteroatoms. The van der Waals surface area contributed by atoms with Crippen molar-refractivity contribution in [1.29, 1.82) is 0 Å². The Morgan fingerprint density at radius 1 is 1.39 bits per heavy atom. The normalized spacial score (nSPS) is 10.9. The van der Waals surface area contributed by atoms with Gasteiger partial charge in [-0.25, -0.2) is 4.98 Å². The molecular weight excluding hydrogens is 230 g/mol. The molecule has 0 aliphatic carbocycles. The topological polar surface area (TPSA) is 84.9 Å². The molecule has 3 N–H and O–H groups in total. The molecule has 90 valence electrons. The van der Waals surface area contributed by atoms with E-state index in [1.54, 1.807) is 18.5 Å². The Balaban J connectivity index is 1.97. The quantitative estimate of drug-likeness (QED) is 0.733. The third-order valence-electron chi connectivity index (χ3n) is 2.75. The number of carbonyl (C=O) groups is 1. The molecule has 3 rings (SSSR count). The molecule has 5 nitrogen and oxygen atoms in total. The van der Waals surface area contributed by atoms with Crippen molar-refractivity contribution in [2.75, 3.05) is 0 Å². The van der Waals surface area contributed by atoms with E-state index in [9.17, 15) is 4.79 Å². The van der Waals surface area contributed by atoms with Crippen LogP contribution in [0.25, 0.3) is 11.0 Å². The first kappa shape index (κ1) is 10.6. The van der Waals surface area contributed by atoms with Crippen LogP contribution in [0, 0.1) is 0 Å². The third kappa shape index (κ3) is 1.86. The number of benzene rings is 1. The van der Waals surface area contributed by atoms with Crippen LogP contribution in [-0.2, 0) is 6.42 Å². The van der Waals surface area contributed by atoms with Crippen molar-refractivity contribution in [3.63, 3.8) is 0 Å². The van der Waals surface area contributed by atoms with E-state index < -0.39 is 5.91 Å². The van der Waals surface area contributed by atoms with Gasteiger partial charge in [0.25, 0.3) is 5.91 Å². The number of nitrogens with two attached hydrogens (primary N) is 1. The summed E-state index contributed by atoms with van der Waals surface area (Å²) in [7, 11) is 0. The number of H-pyrrole nitrogens is 1. The molecule has 0 bridgehead atoms. The van der Waals surface area contributed by atoms with Crippen LogP contribution in [-0.4, -0.2) is 15.9 Å². The van der Waals surface area contributed by atoms with E-state index in [1.165, 1.54) is 0 Å². The van der Waals surface area contributed by atoms with Crippen LogP contribution in [0.2, 0.25) is 0 Å². The average Bonchev–Trinajstić information content (AvgIpc) is 2.96. The molecule has 0 radical (unpaired) electrons. The lowest BCUT2D eigenvalue weighted by molar-refractivity contribution is 0.0976. The molecule has 0 saturated carbocycles. The summed E-state index contributed by atoms with van der Waals surface area (Å²) in [5.41, 5.74) is 6.93. The van der Waals surface area contributed by atoms with Gasteiger partial charge in [-0.3, -0.25) is 4.79 Å². The lowest BCUT2D eigenvalue weighted by Crippen LogP contribution is -2.08. The van der Waals surface area contributed by atoms with Crippen molar-refractivity contribution < 1.29 is 9.21 Å². The van der Waals surface area contributed by atoms with Gasteiger partial charge in [-0.2, -0.15) is 0 Å². The van der Waals surface area contributed by atoms with E-state index in [4.69, 9.17) is 10.2 Å². The Morgan fingerprint density at radius 3 is 3.00 bits per heavy atom. The monoisotopic (exact) mass is 241 g/mol. The van der Waals surface area contributed by atoms with Crippen LogP contribution in [0.15, 0.2) is 41.1 Å². The van der Waals surface area contributed by atoms with Gasteiger partial charge in [0.2, 0.25) is 0 Å². The molecular formula is C13H11N3O2. The fraction of sp³-hybridized carbons (Fsp3) is 0.0769. The molecule has 2 heterocycles. The standard InChI is InChI=1S/C13H11N3O2/c14-13(17)11-7-9-5-8(1-2-10(9)18-11)6-12-15-3-4-16-12/h1-5,7H,6H2,(H2,14,17)(H,15,16). The molecule has 1 aromatic carbocycles. The number of nitrogens with zero attached hydrogens (tertiary/aromatic N) is 1. The maximum absolute atomic E-state index is 11.0. The summed E-state index contributed by atoms with van der Waals surface area (Å²) in [5.74, 6) is 0.520. The zero-order valence-electron chi connectivity index (χ0n) is 9.51. The van der Waals surface area contributed by atoms with Crippen molar-refractivity contribution in [2.24, 2.45) is 5.73 Å². The zero-order chi connectivity index (χ0) is 12.5. The Labute approximate surface area is 103 Å². The number of carbonyl (C=O) groups excluding carboxylic acids is 1. The molecule has 0 spiro atoms. The SMILES string of the molecule is NC(=O)c1cc2cc(Cc3ncc[nH]3)ccc2o1. The van der Waals surface area contributed by atoms with Gasteiger partial charge >= 0.3 is 0 Å². The van der Waals surface area contributed by atoms with Gasteiger partial charge in [-0.1, -0.05) is 6.07 Å². The summed E-state index contributed by atoms with van der Waals surface area (Å²) in [4.78, 5) is 18.2. The highest BCUT2D eigenvalue weighted by atomic mass is 16.3. The van der Waals surface area contributed by atoms with E-state index in [-0.39, 0.29) is 5.76 Å². The van der Waals surface area contributed by atoms with Gasteiger partial charge in [0, 0.05) is 24.2 Å². The smallest absolute Gasteiger partial charge is 0.284 e. The number of imidazole rings is 1. The predicted molar refractivity (Wildman–Crippen MR) is 66.1 cm³/mol. The van der Waals surface area contributed by atoms with Crippen LogP contribution >= 0.6 is 0 Å². The highest BCUT2D eigenvalue weighted by Gasteiger charge is 2.09. The number of rotatable bonds is 3. The number of primary amides is 1. The second-order valence-corrected chi connectivity index (χ2v) is 4.06. The Morgan fingerprint density at radius 2 is 2.28 bits per heavy atom. The first-order valence-corrected chi connectivity index (χ1v) is 5.53. The van der Waals surface area contributed by atoms with Crippen LogP contribution in [0.4, 0.5) is 0 Å². The van der Waals surface area contributed by atoms with Gasteiger partial charge in [-0.15, -0.1) is 0 Å². The van der Waals surface area contributed by atoms with Gasteiger partial charge in [0.15, 0.2) is 5.76 Å². The molecule has 2 aromatic heterocycles. The molecule has 0 unspecified atom stereocenters. The molecule has 3 aromatic rings. The lowest BCUT2D eigenvalue weighted by Gasteiger charge is -1.97. The number of aromatic amines is 1. The number of furan rings is 1. The van der Waals surface area contributed by atoms with Crippen molar-refractivity contribution in [3.05, 3.63) is 53.8 Å². The van der Waals surface area contributed by atoms with Crippen LogP contribution in [0.1, 0.15) is 21.9 Å². The first-order valence-electron chi connectivity index (χ1n) is 5.53. The number of nitrogens with one attached hydrogen (secondary N) is 1. The summed E-state index contributed by atoms with van der Waals surface area (Å²) >= 11 is 0. The highest BCUT2D eigenvalue weighted by Crippen LogP contribution is 2.21. The minimum absolute atomic E-state index is 0.181. The summed E-state index contributed by atoms with van der Waals surface area (Å²) in [6.45, 7) is 0. The van der Waals surface area contributed by atoms with E-state index in [2.05, 4.69) is 9.97 Å². The molecule has 0 aliphatic rings. The lowest BCUT2D eigenvalue weighted by atomic mass is 10.1. The fourth-order valence-electron chi connectivity index (χ4n) is 1.91. The number of hydrogen-bond donors (Lipinski definition) is 2. The van der Waals surface area contributed by atoms with E-state index >= 15 is 0 Å². The molecule has 0 aliphatic heterocycles. The van der Waals surface area contributed by atoms with E-state index in [0.717, 1.165) is 16.8 Å². The largest absolute Gasteiger partial charge is 0.451 e. The molecule has 18 heavy (non-hydrogen) atoms. The van der Waals surface area contributed by atoms with Crippen LogP contribution in [0.3, 0.4) is 0 Å². The maximum Gasteiger partial charge on any atom is 0.284 e. The second-order valence-electron chi connectivity index (χ2n) is 4.06. The Kier molecular flexibility index (Phi) is 2.37. The van der Waals surface area contributed by atoms with E-state index in [1.807, 2.05) is 18.2 Å². The molecule has 0 saturated heterocycles. The van der Waals surface area contributed by atoms with Crippen molar-refractivity contribution in [2.45, 2.75) is 6.42 Å². The number of aromatic nitrogens is 2. The van der Waals surface area contributed by atoms with Gasteiger partial charge < -0.3 is 15.1 Å². The molecule has 0 fully saturated rings. The zero-order valence-corrected chi connectivity index (χ0v) is 9.51. The number of fused-ring (bicyclic) bond motifs is 1. The summed E-state index contributed by atoms with van der Waals surface area (Å²) < 4.78 is 5.32. The predicted octanol–water partition coefficient (Wildman–Crippen LogP) is 1.85. The van der Waals surface area contributed by atoms with Gasteiger partial charge in [0.1, 0.15) is 11.4 Å². The third-order valence-corrected chi connectivity index (χ3v) is 2.75. The summed E-state index contributed by atoms with van der Waals surface area (Å²) in [5, 5.41) is 0.868. The minimum Gasteiger partial charge on any atom is -0.451 e. The average molecular weight is 241 g/mol. The Hall–Kier alpha value is -2.56. The molecule has 1 amide bonds. The second kappa shape index (κ2) is 4.03. The number of amides is 1. The fourth-order valence-corrected chi connectivity index (χ4v) is 1.91. The minimum atomic E-state index is -0.557. The van der Waals surface area contributed by atoms with Crippen LogP contribution < -0.4 is 5.73 Å². The van der Waals surface area contributed by atoms with E-state index in [0.29, 0.717) is 12.0 Å². The highest BCUT2D eigenvalue weighted by molar-refractivity contribution is 5.95. The van der Waals surface area contributed by atoms with Gasteiger partial charge in [-0.05, 0) is 23.8 Å². The van der Waals surface area contributed by atoms with Crippen molar-refractivity contribution >= 4 is 16.9 Å². The maximum atomic E-state index is 11.0. The first-order chi connectivity index (χ1) is 8.72. The van der Waals surface area contributed by atoms with Crippen molar-refractivity contribution in [3.8, 4) is 0 Å². The number of hydrogen-bond acceptors (Lipinski definition) is 3. The van der Waals surface area contributed by atoms with Crippen LogP contribution in [0.5, 0.6) is 0 Å². The molecule has 0 atom stereocenters. The Bertz CT molecular complexity index is 698. The summed E-state index contributed by atoms with van der Waals surface area (Å²) in [6.07, 6.45) is 4.22. The van der Waals surface area contributed by atoms with Crippen molar-refractivity contribution in [1.82, 2.24) is 9.97 Å².